The molecule has 0 aliphatic carbocycles. The van der Waals surface area contributed by atoms with Gasteiger partial charge in [-0.2, -0.15) is 0 Å². The number of nitrogens with zero attached hydrogens (tertiary/aromatic N) is 2. The van der Waals surface area contributed by atoms with Crippen LogP contribution in [0, 0.1) is 6.92 Å². The van der Waals surface area contributed by atoms with Gasteiger partial charge in [-0.3, -0.25) is 13.9 Å². The van der Waals surface area contributed by atoms with E-state index in [1.165, 1.54) is 24.1 Å². The lowest BCUT2D eigenvalue weighted by atomic mass is 10.1. The van der Waals surface area contributed by atoms with Crippen LogP contribution >= 0.6 is 11.6 Å². The van der Waals surface area contributed by atoms with E-state index >= 15 is 0 Å². The zero-order valence-corrected chi connectivity index (χ0v) is 25.5. The molecule has 3 aromatic rings. The van der Waals surface area contributed by atoms with Crippen molar-refractivity contribution in [3.63, 3.8) is 0 Å². The van der Waals surface area contributed by atoms with Gasteiger partial charge in [-0.25, -0.2) is 8.42 Å². The molecule has 1 unspecified atom stereocenters. The number of halogens is 1. The van der Waals surface area contributed by atoms with Crippen LogP contribution in [-0.2, 0) is 26.2 Å². The van der Waals surface area contributed by atoms with Crippen molar-refractivity contribution in [2.24, 2.45) is 0 Å². The summed E-state index contributed by atoms with van der Waals surface area (Å²) in [4.78, 5) is 28.9. The Morgan fingerprint density at radius 3 is 2.32 bits per heavy atom. The fourth-order valence-electron chi connectivity index (χ4n) is 4.46. The standard InChI is InChI=1S/C31H38ClN3O5S/c1-5-7-19-33-31(37)27(6-2)34(21-24-13-11-12-16-26(24)32)30(36)22-35(28-20-23(3)17-18-29(28)40-4)41(38,39)25-14-9-8-10-15-25/h8-18,20,27H,5-7,19,21-22H2,1-4H3,(H,33,37). The fourth-order valence-corrected chi connectivity index (χ4v) is 6.10. The van der Waals surface area contributed by atoms with E-state index < -0.39 is 28.5 Å². The molecule has 0 heterocycles. The van der Waals surface area contributed by atoms with Crippen molar-refractivity contribution in [2.45, 2.75) is 57.5 Å². The van der Waals surface area contributed by atoms with Crippen molar-refractivity contribution < 1.29 is 22.7 Å². The molecule has 0 bridgehead atoms. The Labute approximate surface area is 248 Å². The molecule has 0 saturated heterocycles. The number of rotatable bonds is 14. The molecule has 220 valence electrons. The van der Waals surface area contributed by atoms with Crippen molar-refractivity contribution in [1.82, 2.24) is 10.2 Å². The third-order valence-corrected chi connectivity index (χ3v) is 8.87. The van der Waals surface area contributed by atoms with Crippen LogP contribution in [0.1, 0.15) is 44.2 Å². The molecule has 10 heteroatoms. The number of hydrogen-bond acceptors (Lipinski definition) is 5. The summed E-state index contributed by atoms with van der Waals surface area (Å²) in [7, 11) is -2.76. The highest BCUT2D eigenvalue weighted by Crippen LogP contribution is 2.34. The molecule has 0 saturated carbocycles. The molecular weight excluding hydrogens is 562 g/mol. The Hall–Kier alpha value is -3.56. The molecule has 0 fully saturated rings. The molecule has 3 aromatic carbocycles. The SMILES string of the molecule is CCCCNC(=O)C(CC)N(Cc1ccccc1Cl)C(=O)CN(c1cc(C)ccc1OC)S(=O)(=O)c1ccccc1. The van der Waals surface area contributed by atoms with Gasteiger partial charge >= 0.3 is 0 Å². The van der Waals surface area contributed by atoms with Crippen LogP contribution in [0.3, 0.4) is 0 Å². The Morgan fingerprint density at radius 1 is 1.00 bits per heavy atom. The number of carbonyl (C=O) groups is 2. The maximum atomic E-state index is 14.2. The third-order valence-electron chi connectivity index (χ3n) is 6.73. The average Bonchev–Trinajstić information content (AvgIpc) is 2.97. The summed E-state index contributed by atoms with van der Waals surface area (Å²) in [6.07, 6.45) is 2.04. The van der Waals surface area contributed by atoms with Gasteiger partial charge in [0.1, 0.15) is 18.3 Å². The molecule has 3 rings (SSSR count). The predicted octanol–water partition coefficient (Wildman–Crippen LogP) is 5.58. The summed E-state index contributed by atoms with van der Waals surface area (Å²) in [5, 5.41) is 3.36. The van der Waals surface area contributed by atoms with Crippen LogP contribution in [0.2, 0.25) is 5.02 Å². The summed E-state index contributed by atoms with van der Waals surface area (Å²) in [6, 6.07) is 19.3. The number of ether oxygens (including phenoxy) is 1. The average molecular weight is 600 g/mol. The Balaban J connectivity index is 2.10. The lowest BCUT2D eigenvalue weighted by Crippen LogP contribution is -2.52. The second-order valence-corrected chi connectivity index (χ2v) is 12.0. The summed E-state index contributed by atoms with van der Waals surface area (Å²) in [5.74, 6) is -0.553. The highest BCUT2D eigenvalue weighted by molar-refractivity contribution is 7.92. The fraction of sp³-hybridized carbons (Fsp3) is 0.355. The largest absolute Gasteiger partial charge is 0.495 e. The minimum atomic E-state index is -4.20. The van der Waals surface area contributed by atoms with Gasteiger partial charge < -0.3 is 15.0 Å². The minimum absolute atomic E-state index is 0.0263. The molecule has 0 aliphatic rings. The lowest BCUT2D eigenvalue weighted by Gasteiger charge is -2.33. The number of benzene rings is 3. The Morgan fingerprint density at radius 2 is 1.68 bits per heavy atom. The lowest BCUT2D eigenvalue weighted by molar-refractivity contribution is -0.140. The summed E-state index contributed by atoms with van der Waals surface area (Å²) in [5.41, 5.74) is 1.66. The van der Waals surface area contributed by atoms with Crippen molar-refractivity contribution >= 4 is 39.1 Å². The molecule has 2 amide bonds. The maximum Gasteiger partial charge on any atom is 0.264 e. The number of aryl methyl sites for hydroxylation is 1. The molecule has 1 N–H and O–H groups in total. The summed E-state index contributed by atoms with van der Waals surface area (Å²) in [6.45, 7) is 5.63. The van der Waals surface area contributed by atoms with E-state index in [0.29, 0.717) is 29.3 Å². The quantitative estimate of drug-likeness (QED) is 0.244. The normalized spacial score (nSPS) is 11.9. The van der Waals surface area contributed by atoms with Gasteiger partial charge in [-0.05, 0) is 61.2 Å². The Kier molecular flexibility index (Phi) is 11.6. The van der Waals surface area contributed by atoms with Crippen LogP contribution in [0.4, 0.5) is 5.69 Å². The molecule has 0 spiro atoms. The van der Waals surface area contributed by atoms with Gasteiger partial charge in [0.25, 0.3) is 10.0 Å². The number of hydrogen-bond donors (Lipinski definition) is 1. The van der Waals surface area contributed by atoms with Gasteiger partial charge in [-0.15, -0.1) is 0 Å². The predicted molar refractivity (Wildman–Crippen MR) is 163 cm³/mol. The summed E-state index contributed by atoms with van der Waals surface area (Å²) < 4.78 is 34.6. The number of anilines is 1. The van der Waals surface area contributed by atoms with Gasteiger partial charge in [0.05, 0.1) is 17.7 Å². The number of sulfonamides is 1. The number of amides is 2. The van der Waals surface area contributed by atoms with Gasteiger partial charge in [-0.1, -0.05) is 74.3 Å². The highest BCUT2D eigenvalue weighted by atomic mass is 35.5. The number of methoxy groups -OCH3 is 1. The van der Waals surface area contributed by atoms with Crippen molar-refractivity contribution in [1.29, 1.82) is 0 Å². The first-order valence-corrected chi connectivity index (χ1v) is 15.5. The van der Waals surface area contributed by atoms with E-state index in [1.54, 1.807) is 60.7 Å². The molecule has 41 heavy (non-hydrogen) atoms. The number of carbonyl (C=O) groups excluding carboxylic acids is 2. The van der Waals surface area contributed by atoms with Crippen LogP contribution in [0.5, 0.6) is 5.75 Å². The summed E-state index contributed by atoms with van der Waals surface area (Å²) >= 11 is 6.45. The maximum absolute atomic E-state index is 14.2. The molecule has 0 aromatic heterocycles. The molecular formula is C31H38ClN3O5S. The van der Waals surface area contributed by atoms with Crippen LogP contribution < -0.4 is 14.4 Å². The van der Waals surface area contributed by atoms with Crippen molar-refractivity contribution in [2.75, 3.05) is 24.5 Å². The van der Waals surface area contributed by atoms with E-state index in [4.69, 9.17) is 16.3 Å². The van der Waals surface area contributed by atoms with E-state index in [0.717, 1.165) is 22.7 Å². The van der Waals surface area contributed by atoms with Crippen LogP contribution in [-0.4, -0.2) is 51.4 Å². The number of nitrogens with one attached hydrogen (secondary N) is 1. The molecule has 1 atom stereocenters. The topological polar surface area (TPSA) is 96.0 Å². The molecule has 0 aliphatic heterocycles. The minimum Gasteiger partial charge on any atom is -0.495 e. The first-order chi connectivity index (χ1) is 19.6. The monoisotopic (exact) mass is 599 g/mol. The van der Waals surface area contributed by atoms with Crippen LogP contribution in [0.25, 0.3) is 0 Å². The van der Waals surface area contributed by atoms with Gasteiger partial charge in [0.2, 0.25) is 11.8 Å². The third kappa shape index (κ3) is 8.01. The first-order valence-electron chi connectivity index (χ1n) is 13.7. The van der Waals surface area contributed by atoms with E-state index in [2.05, 4.69) is 5.32 Å². The smallest absolute Gasteiger partial charge is 0.264 e. The second kappa shape index (κ2) is 14.9. The van der Waals surface area contributed by atoms with Gasteiger partial charge in [0.15, 0.2) is 0 Å². The van der Waals surface area contributed by atoms with Crippen LogP contribution in [0.15, 0.2) is 77.7 Å². The highest BCUT2D eigenvalue weighted by Gasteiger charge is 2.35. The zero-order valence-electron chi connectivity index (χ0n) is 24.0. The van der Waals surface area contributed by atoms with Gasteiger partial charge in [0, 0.05) is 18.1 Å². The van der Waals surface area contributed by atoms with E-state index in [9.17, 15) is 18.0 Å². The van der Waals surface area contributed by atoms with E-state index in [-0.39, 0.29) is 23.0 Å². The van der Waals surface area contributed by atoms with Crippen molar-refractivity contribution in [3.8, 4) is 5.75 Å². The number of unbranched alkanes of at least 4 members (excludes halogenated alkanes) is 1. The second-order valence-electron chi connectivity index (χ2n) is 9.68. The molecule has 0 radical (unpaired) electrons. The van der Waals surface area contributed by atoms with E-state index in [1.807, 2.05) is 20.8 Å². The van der Waals surface area contributed by atoms with Crippen molar-refractivity contribution in [3.05, 3.63) is 88.9 Å². The first kappa shape index (κ1) is 32.0. The Bertz CT molecular complexity index is 1430. The molecule has 8 nitrogen and oxygen atoms in total. The zero-order chi connectivity index (χ0) is 30.0.